The van der Waals surface area contributed by atoms with Gasteiger partial charge in [0.05, 0.1) is 5.54 Å². The van der Waals surface area contributed by atoms with Crippen molar-refractivity contribution in [3.8, 4) is 0 Å². The van der Waals surface area contributed by atoms with E-state index in [0.717, 1.165) is 16.8 Å². The lowest BCUT2D eigenvalue weighted by atomic mass is 9.86. The summed E-state index contributed by atoms with van der Waals surface area (Å²) < 4.78 is 41.6. The number of hydrogen-bond acceptors (Lipinski definition) is 3. The van der Waals surface area contributed by atoms with Crippen molar-refractivity contribution < 1.29 is 22.7 Å². The Balaban J connectivity index is 2.24. The average molecular weight is 287 g/mol. The van der Waals surface area contributed by atoms with Gasteiger partial charge in [0, 0.05) is 12.1 Å². The third-order valence-corrected chi connectivity index (χ3v) is 3.41. The Labute approximate surface area is 115 Å². The van der Waals surface area contributed by atoms with Gasteiger partial charge in [0.2, 0.25) is 0 Å². The summed E-state index contributed by atoms with van der Waals surface area (Å²) in [5.74, 6) is -2.14. The third-order valence-electron chi connectivity index (χ3n) is 3.41. The van der Waals surface area contributed by atoms with Crippen LogP contribution in [0, 0.1) is 6.92 Å². The summed E-state index contributed by atoms with van der Waals surface area (Å²) in [5.41, 5.74) is 1.96. The molecular formula is C14H16F3NO2. The number of carbonyl (C=O) groups is 1. The fourth-order valence-electron chi connectivity index (χ4n) is 2.28. The highest BCUT2D eigenvalue weighted by Gasteiger charge is 2.46. The maximum atomic E-state index is 12.3. The molecular weight excluding hydrogens is 271 g/mol. The minimum atomic E-state index is -4.97. The molecule has 1 heterocycles. The second kappa shape index (κ2) is 4.68. The Morgan fingerprint density at radius 1 is 1.40 bits per heavy atom. The zero-order chi connectivity index (χ0) is 15.1. The van der Waals surface area contributed by atoms with E-state index in [4.69, 9.17) is 0 Å². The van der Waals surface area contributed by atoms with Gasteiger partial charge in [-0.1, -0.05) is 17.7 Å². The fraction of sp³-hybridized carbons (Fsp3) is 0.500. The largest absolute Gasteiger partial charge is 0.490 e. The second-order valence-electron chi connectivity index (χ2n) is 5.60. The van der Waals surface area contributed by atoms with Crippen molar-refractivity contribution in [1.29, 1.82) is 0 Å². The zero-order valence-corrected chi connectivity index (χ0v) is 11.5. The van der Waals surface area contributed by atoms with Gasteiger partial charge in [-0.15, -0.1) is 0 Å². The van der Waals surface area contributed by atoms with Gasteiger partial charge in [-0.25, -0.2) is 4.79 Å². The predicted molar refractivity (Wildman–Crippen MR) is 68.5 cm³/mol. The Bertz CT molecular complexity index is 538. The summed E-state index contributed by atoms with van der Waals surface area (Å²) >= 11 is 0. The average Bonchev–Trinajstić information content (AvgIpc) is 2.29. The summed E-state index contributed by atoms with van der Waals surface area (Å²) in [5, 5.41) is 3.13. The highest BCUT2D eigenvalue weighted by Crippen LogP contribution is 2.34. The normalized spacial score (nSPS) is 20.8. The number of benzene rings is 1. The van der Waals surface area contributed by atoms with Crippen LogP contribution in [0.4, 0.5) is 18.9 Å². The van der Waals surface area contributed by atoms with Crippen LogP contribution in [0.1, 0.15) is 25.0 Å². The molecule has 110 valence electrons. The predicted octanol–water partition coefficient (Wildman–Crippen LogP) is 3.22. The highest BCUT2D eigenvalue weighted by atomic mass is 19.4. The van der Waals surface area contributed by atoms with Crippen LogP contribution in [0.3, 0.4) is 0 Å². The molecule has 0 aromatic heterocycles. The van der Waals surface area contributed by atoms with Crippen molar-refractivity contribution in [1.82, 2.24) is 0 Å². The molecule has 1 aliphatic rings. The number of nitrogens with one attached hydrogen (secondary N) is 1. The first-order valence-electron chi connectivity index (χ1n) is 6.25. The minimum Gasteiger partial charge on any atom is -0.453 e. The van der Waals surface area contributed by atoms with Crippen LogP contribution in [0.15, 0.2) is 18.2 Å². The molecule has 1 aromatic rings. The van der Waals surface area contributed by atoms with Crippen molar-refractivity contribution in [2.75, 3.05) is 5.32 Å². The van der Waals surface area contributed by atoms with Gasteiger partial charge >= 0.3 is 12.1 Å². The maximum Gasteiger partial charge on any atom is 0.490 e. The molecule has 20 heavy (non-hydrogen) atoms. The maximum absolute atomic E-state index is 12.3. The van der Waals surface area contributed by atoms with Crippen LogP contribution in [0.25, 0.3) is 0 Å². The number of halogens is 3. The fourth-order valence-corrected chi connectivity index (χ4v) is 2.28. The van der Waals surface area contributed by atoms with Gasteiger partial charge in [-0.3, -0.25) is 0 Å². The lowest BCUT2D eigenvalue weighted by molar-refractivity contribution is -0.207. The van der Waals surface area contributed by atoms with Crippen molar-refractivity contribution in [2.24, 2.45) is 0 Å². The summed E-state index contributed by atoms with van der Waals surface area (Å²) in [6.45, 7) is 5.32. The monoisotopic (exact) mass is 287 g/mol. The summed E-state index contributed by atoms with van der Waals surface area (Å²) in [4.78, 5) is 11.0. The number of hydrogen-bond donors (Lipinski definition) is 1. The lowest BCUT2D eigenvalue weighted by Crippen LogP contribution is -2.51. The Morgan fingerprint density at radius 2 is 2.05 bits per heavy atom. The lowest BCUT2D eigenvalue weighted by Gasteiger charge is -2.40. The van der Waals surface area contributed by atoms with E-state index < -0.39 is 23.8 Å². The second-order valence-corrected chi connectivity index (χ2v) is 5.60. The van der Waals surface area contributed by atoms with E-state index in [1.807, 2.05) is 25.1 Å². The van der Waals surface area contributed by atoms with E-state index in [0.29, 0.717) is 0 Å². The molecule has 1 aromatic carbocycles. The SMILES string of the molecule is Cc1ccc2c(c1)CC(OC(=O)C(F)(F)F)C(C)(C)N2. The Morgan fingerprint density at radius 3 is 2.65 bits per heavy atom. The van der Waals surface area contributed by atoms with E-state index in [1.165, 1.54) is 0 Å². The quantitative estimate of drug-likeness (QED) is 0.806. The highest BCUT2D eigenvalue weighted by molar-refractivity contribution is 5.76. The number of alkyl halides is 3. The molecule has 0 saturated carbocycles. The minimum absolute atomic E-state index is 0.263. The van der Waals surface area contributed by atoms with E-state index in [-0.39, 0.29) is 6.42 Å². The number of rotatable bonds is 1. The van der Waals surface area contributed by atoms with E-state index in [9.17, 15) is 18.0 Å². The number of carbonyl (C=O) groups excluding carboxylic acids is 1. The molecule has 1 unspecified atom stereocenters. The molecule has 0 spiro atoms. The van der Waals surface area contributed by atoms with Crippen molar-refractivity contribution in [2.45, 2.75) is 45.0 Å². The molecule has 6 heteroatoms. The molecule has 1 atom stereocenters. The molecule has 1 aliphatic heterocycles. The van der Waals surface area contributed by atoms with Gasteiger partial charge in [-0.2, -0.15) is 13.2 Å². The van der Waals surface area contributed by atoms with Gasteiger partial charge in [0.25, 0.3) is 0 Å². The zero-order valence-electron chi connectivity index (χ0n) is 11.5. The third kappa shape index (κ3) is 2.89. The summed E-state index contributed by atoms with van der Waals surface area (Å²) in [6, 6.07) is 5.68. The molecule has 0 bridgehead atoms. The van der Waals surface area contributed by atoms with Crippen LogP contribution < -0.4 is 5.32 Å². The molecule has 0 saturated heterocycles. The van der Waals surface area contributed by atoms with Gasteiger partial charge in [0.15, 0.2) is 0 Å². The molecule has 3 nitrogen and oxygen atoms in total. The number of ether oxygens (including phenoxy) is 1. The van der Waals surface area contributed by atoms with Crippen molar-refractivity contribution >= 4 is 11.7 Å². The van der Waals surface area contributed by atoms with Crippen LogP contribution in [0.2, 0.25) is 0 Å². The topological polar surface area (TPSA) is 38.3 Å². The smallest absolute Gasteiger partial charge is 0.453 e. The Kier molecular flexibility index (Phi) is 3.44. The first-order chi connectivity index (χ1) is 9.09. The number of anilines is 1. The van der Waals surface area contributed by atoms with Crippen LogP contribution >= 0.6 is 0 Å². The number of aryl methyl sites for hydroxylation is 1. The molecule has 1 N–H and O–H groups in total. The van der Waals surface area contributed by atoms with Gasteiger partial charge in [-0.05, 0) is 32.4 Å². The van der Waals surface area contributed by atoms with Crippen LogP contribution in [-0.2, 0) is 16.0 Å². The van der Waals surface area contributed by atoms with E-state index in [2.05, 4.69) is 10.1 Å². The molecule has 2 rings (SSSR count). The first kappa shape index (κ1) is 14.7. The molecule has 0 radical (unpaired) electrons. The van der Waals surface area contributed by atoms with Crippen LogP contribution in [0.5, 0.6) is 0 Å². The summed E-state index contributed by atoms with van der Waals surface area (Å²) in [6.07, 6.45) is -5.58. The van der Waals surface area contributed by atoms with E-state index >= 15 is 0 Å². The van der Waals surface area contributed by atoms with Crippen molar-refractivity contribution in [3.63, 3.8) is 0 Å². The number of esters is 1. The first-order valence-corrected chi connectivity index (χ1v) is 6.25. The van der Waals surface area contributed by atoms with E-state index in [1.54, 1.807) is 13.8 Å². The molecule has 0 aliphatic carbocycles. The van der Waals surface area contributed by atoms with Gasteiger partial charge in [0.1, 0.15) is 6.10 Å². The standard InChI is InChI=1S/C14H16F3NO2/c1-8-4-5-10-9(6-8)7-11(13(2,3)18-10)20-12(19)14(15,16)17/h4-6,11,18H,7H2,1-3H3. The van der Waals surface area contributed by atoms with Gasteiger partial charge < -0.3 is 10.1 Å². The summed E-state index contributed by atoms with van der Waals surface area (Å²) in [7, 11) is 0. The Hall–Kier alpha value is -1.72. The number of fused-ring (bicyclic) bond motifs is 1. The van der Waals surface area contributed by atoms with Crippen LogP contribution in [-0.4, -0.2) is 23.8 Å². The molecule has 0 fully saturated rings. The van der Waals surface area contributed by atoms with Crippen molar-refractivity contribution in [3.05, 3.63) is 29.3 Å². The molecule has 0 amide bonds.